The fourth-order valence-corrected chi connectivity index (χ4v) is 3.63. The predicted octanol–water partition coefficient (Wildman–Crippen LogP) is 1.70. The molecule has 0 fully saturated rings. The van der Waals surface area contributed by atoms with Crippen molar-refractivity contribution in [3.8, 4) is 0 Å². The number of hydrogen-bond acceptors (Lipinski definition) is 4. The van der Waals surface area contributed by atoms with Crippen molar-refractivity contribution in [1.82, 2.24) is 4.31 Å². The zero-order chi connectivity index (χ0) is 14.6. The van der Waals surface area contributed by atoms with Crippen molar-refractivity contribution in [2.75, 3.05) is 18.9 Å². The molecule has 7 heteroatoms. The largest absolute Gasteiger partial charge is 0.398 e. The van der Waals surface area contributed by atoms with E-state index in [0.29, 0.717) is 12.1 Å². The minimum atomic E-state index is -3.63. The highest BCUT2D eigenvalue weighted by Gasteiger charge is 2.26. The molecule has 0 aliphatic carbocycles. The van der Waals surface area contributed by atoms with Crippen LogP contribution in [0, 0.1) is 0 Å². The first-order valence-electron chi connectivity index (χ1n) is 5.98. The number of sulfonamides is 1. The number of aliphatic hydroxyl groups excluding tert-OH is 1. The Labute approximate surface area is 119 Å². The van der Waals surface area contributed by atoms with E-state index in [4.69, 9.17) is 22.4 Å². The molecule has 19 heavy (non-hydrogen) atoms. The predicted molar refractivity (Wildman–Crippen MR) is 76.6 cm³/mol. The summed E-state index contributed by atoms with van der Waals surface area (Å²) in [7, 11) is -3.63. The molecule has 0 atom stereocenters. The van der Waals surface area contributed by atoms with E-state index in [-0.39, 0.29) is 29.1 Å². The van der Waals surface area contributed by atoms with Gasteiger partial charge in [0, 0.05) is 19.2 Å². The van der Waals surface area contributed by atoms with Crippen LogP contribution in [0.5, 0.6) is 0 Å². The summed E-state index contributed by atoms with van der Waals surface area (Å²) in [6, 6.07) is 4.05. The van der Waals surface area contributed by atoms with E-state index < -0.39 is 10.0 Å². The molecule has 0 saturated heterocycles. The summed E-state index contributed by atoms with van der Waals surface area (Å²) in [4.78, 5) is 0.110. The molecule has 1 aromatic rings. The van der Waals surface area contributed by atoms with Gasteiger partial charge in [0.1, 0.15) is 0 Å². The molecule has 0 aliphatic heterocycles. The third-order valence-electron chi connectivity index (χ3n) is 2.69. The highest BCUT2D eigenvalue weighted by molar-refractivity contribution is 7.89. The Balaban J connectivity index is 3.15. The molecule has 1 aromatic carbocycles. The van der Waals surface area contributed by atoms with Crippen molar-refractivity contribution < 1.29 is 13.5 Å². The Morgan fingerprint density at radius 2 is 2.05 bits per heavy atom. The van der Waals surface area contributed by atoms with Gasteiger partial charge in [-0.2, -0.15) is 4.31 Å². The van der Waals surface area contributed by atoms with Gasteiger partial charge in [-0.05, 0) is 38.5 Å². The van der Waals surface area contributed by atoms with Crippen LogP contribution in [0.15, 0.2) is 23.1 Å². The van der Waals surface area contributed by atoms with E-state index in [1.54, 1.807) is 13.8 Å². The molecule has 0 aliphatic rings. The zero-order valence-corrected chi connectivity index (χ0v) is 12.6. The lowest BCUT2D eigenvalue weighted by Crippen LogP contribution is -2.38. The summed E-state index contributed by atoms with van der Waals surface area (Å²) in [6.07, 6.45) is 0.389. The number of anilines is 1. The Kier molecular flexibility index (Phi) is 5.61. The maximum Gasteiger partial charge on any atom is 0.243 e. The van der Waals surface area contributed by atoms with Crippen LogP contribution >= 0.6 is 11.6 Å². The van der Waals surface area contributed by atoms with Crippen molar-refractivity contribution in [3.05, 3.63) is 23.2 Å². The SMILES string of the molecule is CC(C)N(CCCO)S(=O)(=O)c1ccc(N)c(Cl)c1. The number of aliphatic hydroxyl groups is 1. The van der Waals surface area contributed by atoms with Crippen LogP contribution in [0.25, 0.3) is 0 Å². The van der Waals surface area contributed by atoms with Gasteiger partial charge in [-0.15, -0.1) is 0 Å². The van der Waals surface area contributed by atoms with Gasteiger partial charge in [0.05, 0.1) is 15.6 Å². The lowest BCUT2D eigenvalue weighted by molar-refractivity contribution is 0.258. The molecule has 0 radical (unpaired) electrons. The fraction of sp³-hybridized carbons (Fsp3) is 0.500. The number of halogens is 1. The summed E-state index contributed by atoms with van der Waals surface area (Å²) in [5, 5.41) is 9.07. The van der Waals surface area contributed by atoms with Gasteiger partial charge in [-0.25, -0.2) is 8.42 Å². The number of hydrogen-bond donors (Lipinski definition) is 2. The molecule has 108 valence electrons. The van der Waals surface area contributed by atoms with Crippen LogP contribution in [0.2, 0.25) is 5.02 Å². The Bertz CT molecular complexity index is 532. The van der Waals surface area contributed by atoms with Crippen LogP contribution in [0.3, 0.4) is 0 Å². The van der Waals surface area contributed by atoms with Gasteiger partial charge in [0.2, 0.25) is 10.0 Å². The second kappa shape index (κ2) is 6.56. The maximum absolute atomic E-state index is 12.5. The molecule has 1 rings (SSSR count). The lowest BCUT2D eigenvalue weighted by atomic mass is 10.3. The summed E-state index contributed by atoms with van der Waals surface area (Å²) < 4.78 is 26.3. The quantitative estimate of drug-likeness (QED) is 0.784. The Hall–Kier alpha value is -0.820. The van der Waals surface area contributed by atoms with Crippen LogP contribution in [0.4, 0.5) is 5.69 Å². The highest BCUT2D eigenvalue weighted by atomic mass is 35.5. The molecule has 0 unspecified atom stereocenters. The molecule has 3 N–H and O–H groups in total. The van der Waals surface area contributed by atoms with Crippen LogP contribution < -0.4 is 5.73 Å². The van der Waals surface area contributed by atoms with E-state index >= 15 is 0 Å². The number of benzene rings is 1. The average Bonchev–Trinajstić information content (AvgIpc) is 2.32. The van der Waals surface area contributed by atoms with Gasteiger partial charge in [-0.1, -0.05) is 11.6 Å². The van der Waals surface area contributed by atoms with Crippen LogP contribution in [0.1, 0.15) is 20.3 Å². The summed E-state index contributed by atoms with van der Waals surface area (Å²) in [6.45, 7) is 3.78. The molecule has 0 saturated carbocycles. The summed E-state index contributed by atoms with van der Waals surface area (Å²) >= 11 is 5.86. The molecule has 0 amide bonds. The van der Waals surface area contributed by atoms with E-state index in [9.17, 15) is 8.42 Å². The minimum Gasteiger partial charge on any atom is -0.398 e. The second-order valence-electron chi connectivity index (χ2n) is 4.47. The third-order valence-corrected chi connectivity index (χ3v) is 5.09. The van der Waals surface area contributed by atoms with Gasteiger partial charge in [0.15, 0.2) is 0 Å². The van der Waals surface area contributed by atoms with E-state index in [1.807, 2.05) is 0 Å². The first-order valence-corrected chi connectivity index (χ1v) is 7.80. The topological polar surface area (TPSA) is 83.6 Å². The van der Waals surface area contributed by atoms with Crippen molar-refractivity contribution in [2.45, 2.75) is 31.2 Å². The van der Waals surface area contributed by atoms with Crippen LogP contribution in [-0.4, -0.2) is 37.0 Å². The number of nitrogens with zero attached hydrogens (tertiary/aromatic N) is 1. The molecular formula is C12H19ClN2O3S. The molecule has 0 aromatic heterocycles. The van der Waals surface area contributed by atoms with Crippen molar-refractivity contribution >= 4 is 27.3 Å². The van der Waals surface area contributed by atoms with E-state index in [0.717, 1.165) is 0 Å². The van der Waals surface area contributed by atoms with Gasteiger partial charge in [-0.3, -0.25) is 0 Å². The van der Waals surface area contributed by atoms with Crippen molar-refractivity contribution in [1.29, 1.82) is 0 Å². The lowest BCUT2D eigenvalue weighted by Gasteiger charge is -2.25. The monoisotopic (exact) mass is 306 g/mol. The first kappa shape index (κ1) is 16.2. The van der Waals surface area contributed by atoms with E-state index in [1.165, 1.54) is 22.5 Å². The summed E-state index contributed by atoms with van der Waals surface area (Å²) in [5.41, 5.74) is 5.91. The minimum absolute atomic E-state index is 0.0543. The van der Waals surface area contributed by atoms with Gasteiger partial charge < -0.3 is 10.8 Å². The number of rotatable bonds is 6. The smallest absolute Gasteiger partial charge is 0.243 e. The molecule has 5 nitrogen and oxygen atoms in total. The summed E-state index contributed by atoms with van der Waals surface area (Å²) in [5.74, 6) is 0. The first-order chi connectivity index (χ1) is 8.80. The highest BCUT2D eigenvalue weighted by Crippen LogP contribution is 2.25. The maximum atomic E-state index is 12.5. The molecular weight excluding hydrogens is 288 g/mol. The molecule has 0 spiro atoms. The van der Waals surface area contributed by atoms with Crippen molar-refractivity contribution in [2.24, 2.45) is 0 Å². The number of nitrogen functional groups attached to an aromatic ring is 1. The molecule has 0 bridgehead atoms. The second-order valence-corrected chi connectivity index (χ2v) is 6.77. The molecule has 0 heterocycles. The fourth-order valence-electron chi connectivity index (χ4n) is 1.69. The standard InChI is InChI=1S/C12H19ClN2O3S/c1-9(2)15(6-3-7-16)19(17,18)10-4-5-12(14)11(13)8-10/h4-5,8-9,16H,3,6-7,14H2,1-2H3. The van der Waals surface area contributed by atoms with Gasteiger partial charge in [0.25, 0.3) is 0 Å². The zero-order valence-electron chi connectivity index (χ0n) is 11.0. The normalized spacial score (nSPS) is 12.3. The third kappa shape index (κ3) is 3.82. The number of nitrogens with two attached hydrogens (primary N) is 1. The Morgan fingerprint density at radius 1 is 1.42 bits per heavy atom. The van der Waals surface area contributed by atoms with Crippen LogP contribution in [-0.2, 0) is 10.0 Å². The average molecular weight is 307 g/mol. The van der Waals surface area contributed by atoms with Gasteiger partial charge >= 0.3 is 0 Å². The van der Waals surface area contributed by atoms with E-state index in [2.05, 4.69) is 0 Å². The van der Waals surface area contributed by atoms with Crippen molar-refractivity contribution in [3.63, 3.8) is 0 Å². The Morgan fingerprint density at radius 3 is 2.53 bits per heavy atom.